The zero-order chi connectivity index (χ0) is 17.1. The van der Waals surface area contributed by atoms with Crippen LogP contribution < -0.4 is 5.32 Å². The van der Waals surface area contributed by atoms with Gasteiger partial charge in [-0.15, -0.1) is 0 Å². The number of anilines is 1. The minimum atomic E-state index is -0.856. The summed E-state index contributed by atoms with van der Waals surface area (Å²) in [5, 5.41) is 13.7. The largest absolute Gasteiger partial charge is 0.481 e. The summed E-state index contributed by atoms with van der Waals surface area (Å²) >= 11 is 0. The van der Waals surface area contributed by atoms with E-state index in [1.54, 1.807) is 0 Å². The lowest BCUT2D eigenvalue weighted by Crippen LogP contribution is -2.13. The van der Waals surface area contributed by atoms with Gasteiger partial charge in [0.05, 0.1) is 11.9 Å². The Hall–Kier alpha value is -2.88. The summed E-state index contributed by atoms with van der Waals surface area (Å²) in [6, 6.07) is 18.0. The first-order valence-corrected chi connectivity index (χ1v) is 7.97. The van der Waals surface area contributed by atoms with Crippen LogP contribution in [0.25, 0.3) is 10.9 Å². The molecule has 3 aromatic rings. The fourth-order valence-electron chi connectivity index (χ4n) is 2.95. The normalized spacial score (nSPS) is 12.1. The molecule has 0 amide bonds. The SMILES string of the molecule is Cc1nc2ccccc2c(NC(C)c2ccccc2)c1CC(=O)O. The molecule has 2 aromatic carbocycles. The van der Waals surface area contributed by atoms with Crippen LogP contribution in [0, 0.1) is 6.92 Å². The summed E-state index contributed by atoms with van der Waals surface area (Å²) in [6.45, 7) is 3.94. The van der Waals surface area contributed by atoms with Gasteiger partial charge >= 0.3 is 5.97 Å². The number of aryl methyl sites for hydroxylation is 1. The average Bonchev–Trinajstić information content (AvgIpc) is 2.58. The van der Waals surface area contributed by atoms with Crippen LogP contribution in [0.15, 0.2) is 54.6 Å². The molecule has 1 unspecified atom stereocenters. The number of para-hydroxylation sites is 1. The number of rotatable bonds is 5. The molecule has 0 aliphatic carbocycles. The zero-order valence-electron chi connectivity index (χ0n) is 13.8. The third kappa shape index (κ3) is 3.23. The second-order valence-electron chi connectivity index (χ2n) is 5.92. The molecule has 0 saturated heterocycles. The molecule has 0 aliphatic rings. The number of carboxylic acid groups (broad SMARTS) is 1. The summed E-state index contributed by atoms with van der Waals surface area (Å²) in [6.07, 6.45) is -0.0481. The Morgan fingerprint density at radius 1 is 1.12 bits per heavy atom. The lowest BCUT2D eigenvalue weighted by molar-refractivity contribution is -0.136. The number of hydrogen-bond donors (Lipinski definition) is 2. The molecule has 1 atom stereocenters. The maximum absolute atomic E-state index is 11.3. The number of nitrogens with one attached hydrogen (secondary N) is 1. The Morgan fingerprint density at radius 2 is 1.79 bits per heavy atom. The number of carbonyl (C=O) groups is 1. The van der Waals surface area contributed by atoms with Gasteiger partial charge in [0.15, 0.2) is 0 Å². The molecule has 0 saturated carbocycles. The van der Waals surface area contributed by atoms with E-state index in [-0.39, 0.29) is 12.5 Å². The van der Waals surface area contributed by atoms with Crippen molar-refractivity contribution in [3.63, 3.8) is 0 Å². The molecule has 1 aromatic heterocycles. The van der Waals surface area contributed by atoms with Crippen molar-refractivity contribution in [1.82, 2.24) is 4.98 Å². The van der Waals surface area contributed by atoms with Crippen LogP contribution in [0.3, 0.4) is 0 Å². The first-order chi connectivity index (χ1) is 11.6. The summed E-state index contributed by atoms with van der Waals surface area (Å²) in [7, 11) is 0. The standard InChI is InChI=1S/C20H20N2O2/c1-13(15-8-4-3-5-9-15)22-20-16-10-6-7-11-18(16)21-14(2)17(20)12-19(23)24/h3-11,13H,12H2,1-2H3,(H,21,22)(H,23,24). The molecule has 0 aliphatic heterocycles. The Morgan fingerprint density at radius 3 is 2.50 bits per heavy atom. The third-order valence-corrected chi connectivity index (χ3v) is 4.19. The van der Waals surface area contributed by atoms with Gasteiger partial charge in [-0.1, -0.05) is 48.5 Å². The van der Waals surface area contributed by atoms with Crippen molar-refractivity contribution in [3.05, 3.63) is 71.4 Å². The minimum absolute atomic E-state index is 0.0481. The van der Waals surface area contributed by atoms with Crippen LogP contribution in [0.4, 0.5) is 5.69 Å². The van der Waals surface area contributed by atoms with Crippen LogP contribution in [-0.4, -0.2) is 16.1 Å². The molecule has 3 rings (SSSR count). The second-order valence-corrected chi connectivity index (χ2v) is 5.92. The van der Waals surface area contributed by atoms with Gasteiger partial charge < -0.3 is 10.4 Å². The highest BCUT2D eigenvalue weighted by atomic mass is 16.4. The number of carboxylic acids is 1. The van der Waals surface area contributed by atoms with Crippen LogP contribution in [0.2, 0.25) is 0 Å². The van der Waals surface area contributed by atoms with Crippen molar-refractivity contribution < 1.29 is 9.90 Å². The van der Waals surface area contributed by atoms with Crippen molar-refractivity contribution in [2.24, 2.45) is 0 Å². The molecular weight excluding hydrogens is 300 g/mol. The predicted molar refractivity (Wildman–Crippen MR) is 96.3 cm³/mol. The molecule has 0 fully saturated rings. The number of aliphatic carboxylic acids is 1. The van der Waals surface area contributed by atoms with Crippen LogP contribution in [0.5, 0.6) is 0 Å². The highest BCUT2D eigenvalue weighted by Crippen LogP contribution is 2.32. The molecule has 4 nitrogen and oxygen atoms in total. The van der Waals surface area contributed by atoms with E-state index in [4.69, 9.17) is 0 Å². The van der Waals surface area contributed by atoms with Crippen molar-refractivity contribution >= 4 is 22.6 Å². The fraction of sp³-hybridized carbons (Fsp3) is 0.200. The van der Waals surface area contributed by atoms with Crippen molar-refractivity contribution in [1.29, 1.82) is 0 Å². The zero-order valence-corrected chi connectivity index (χ0v) is 13.8. The van der Waals surface area contributed by atoms with Gasteiger partial charge in [-0.3, -0.25) is 9.78 Å². The summed E-state index contributed by atoms with van der Waals surface area (Å²) in [5.41, 5.74) is 4.36. The molecule has 24 heavy (non-hydrogen) atoms. The van der Waals surface area contributed by atoms with Crippen molar-refractivity contribution in [2.75, 3.05) is 5.32 Å². The molecule has 0 radical (unpaired) electrons. The predicted octanol–water partition coefficient (Wildman–Crippen LogP) is 4.34. The Balaban J connectivity index is 2.11. The van der Waals surface area contributed by atoms with Crippen LogP contribution >= 0.6 is 0 Å². The number of nitrogens with zero attached hydrogens (tertiary/aromatic N) is 1. The summed E-state index contributed by atoms with van der Waals surface area (Å²) in [5.74, 6) is -0.856. The van der Waals surface area contributed by atoms with E-state index in [1.165, 1.54) is 0 Å². The van der Waals surface area contributed by atoms with Crippen molar-refractivity contribution in [3.8, 4) is 0 Å². The summed E-state index contributed by atoms with van der Waals surface area (Å²) < 4.78 is 0. The number of fused-ring (bicyclic) bond motifs is 1. The first kappa shape index (κ1) is 16.0. The fourth-order valence-corrected chi connectivity index (χ4v) is 2.95. The lowest BCUT2D eigenvalue weighted by Gasteiger charge is -2.21. The van der Waals surface area contributed by atoms with Gasteiger partial charge in [-0.05, 0) is 25.5 Å². The van der Waals surface area contributed by atoms with E-state index in [2.05, 4.69) is 29.4 Å². The number of aromatic nitrogens is 1. The highest BCUT2D eigenvalue weighted by molar-refractivity contribution is 5.95. The molecule has 0 bridgehead atoms. The van der Waals surface area contributed by atoms with Gasteiger partial charge in [0.1, 0.15) is 0 Å². The average molecular weight is 320 g/mol. The van der Waals surface area contributed by atoms with Gasteiger partial charge in [0.25, 0.3) is 0 Å². The quantitative estimate of drug-likeness (QED) is 0.734. The molecule has 1 heterocycles. The van der Waals surface area contributed by atoms with Gasteiger partial charge in [0, 0.05) is 28.4 Å². The molecular formula is C20H20N2O2. The molecule has 122 valence electrons. The first-order valence-electron chi connectivity index (χ1n) is 7.97. The lowest BCUT2D eigenvalue weighted by atomic mass is 10.0. The molecule has 0 spiro atoms. The second kappa shape index (κ2) is 6.71. The van der Waals surface area contributed by atoms with E-state index >= 15 is 0 Å². The molecule has 2 N–H and O–H groups in total. The van der Waals surface area contributed by atoms with Crippen LogP contribution in [0.1, 0.15) is 29.8 Å². The van der Waals surface area contributed by atoms with Gasteiger partial charge in [-0.25, -0.2) is 0 Å². The monoisotopic (exact) mass is 320 g/mol. The van der Waals surface area contributed by atoms with E-state index in [1.807, 2.05) is 49.4 Å². The third-order valence-electron chi connectivity index (χ3n) is 4.19. The smallest absolute Gasteiger partial charge is 0.307 e. The molecule has 4 heteroatoms. The minimum Gasteiger partial charge on any atom is -0.481 e. The maximum atomic E-state index is 11.3. The van der Waals surface area contributed by atoms with Crippen molar-refractivity contribution in [2.45, 2.75) is 26.3 Å². The Bertz CT molecular complexity index is 875. The van der Waals surface area contributed by atoms with Gasteiger partial charge in [-0.2, -0.15) is 0 Å². The Labute approximate surface area is 141 Å². The highest BCUT2D eigenvalue weighted by Gasteiger charge is 2.17. The van der Waals surface area contributed by atoms with E-state index < -0.39 is 5.97 Å². The van der Waals surface area contributed by atoms with Gasteiger partial charge in [0.2, 0.25) is 0 Å². The maximum Gasteiger partial charge on any atom is 0.307 e. The Kier molecular flexibility index (Phi) is 4.47. The van der Waals surface area contributed by atoms with E-state index in [0.717, 1.165) is 33.4 Å². The number of hydrogen-bond acceptors (Lipinski definition) is 3. The number of benzene rings is 2. The summed E-state index contributed by atoms with van der Waals surface area (Å²) in [4.78, 5) is 15.9. The van der Waals surface area contributed by atoms with Crippen LogP contribution in [-0.2, 0) is 11.2 Å². The topological polar surface area (TPSA) is 62.2 Å². The van der Waals surface area contributed by atoms with E-state index in [0.29, 0.717) is 0 Å². The number of pyridine rings is 1. The van der Waals surface area contributed by atoms with E-state index in [9.17, 15) is 9.90 Å².